The third-order valence-corrected chi connectivity index (χ3v) is 5.17. The number of amides is 2. The first kappa shape index (κ1) is 23.5. The van der Waals surface area contributed by atoms with Crippen LogP contribution in [0.25, 0.3) is 11.3 Å². The highest BCUT2D eigenvalue weighted by Gasteiger charge is 2.13. The molecule has 178 valence electrons. The normalized spacial score (nSPS) is 10.4. The van der Waals surface area contributed by atoms with Gasteiger partial charge >= 0.3 is 6.03 Å². The summed E-state index contributed by atoms with van der Waals surface area (Å²) >= 11 is 0. The van der Waals surface area contributed by atoms with Crippen molar-refractivity contribution in [2.45, 2.75) is 13.8 Å². The van der Waals surface area contributed by atoms with E-state index >= 15 is 0 Å². The van der Waals surface area contributed by atoms with E-state index < -0.39 is 0 Å². The average Bonchev–Trinajstić information content (AvgIpc) is 2.86. The molecule has 0 aliphatic carbocycles. The summed E-state index contributed by atoms with van der Waals surface area (Å²) in [6.07, 6.45) is 3.34. The summed E-state index contributed by atoms with van der Waals surface area (Å²) in [7, 11) is 3.32. The summed E-state index contributed by atoms with van der Waals surface area (Å²) in [5, 5.41) is 8.60. The van der Waals surface area contributed by atoms with Crippen LogP contribution < -0.4 is 25.4 Å². The van der Waals surface area contributed by atoms with Crippen molar-refractivity contribution in [2.24, 2.45) is 0 Å². The molecule has 35 heavy (non-hydrogen) atoms. The summed E-state index contributed by atoms with van der Waals surface area (Å²) in [5.74, 6) is 2.12. The molecule has 0 aliphatic rings. The van der Waals surface area contributed by atoms with Crippen LogP contribution in [0.15, 0.2) is 67.0 Å². The molecule has 3 N–H and O–H groups in total. The Morgan fingerprint density at radius 2 is 1.74 bits per heavy atom. The van der Waals surface area contributed by atoms with Gasteiger partial charge in [-0.25, -0.2) is 19.7 Å². The number of aryl methyl sites for hydroxylation is 2. The van der Waals surface area contributed by atoms with E-state index in [1.165, 1.54) is 0 Å². The van der Waals surface area contributed by atoms with Gasteiger partial charge in [0.05, 0.1) is 24.1 Å². The zero-order valence-electron chi connectivity index (χ0n) is 19.9. The highest BCUT2D eigenvalue weighted by molar-refractivity contribution is 6.00. The van der Waals surface area contributed by atoms with Crippen LogP contribution in [0.4, 0.5) is 22.1 Å². The quantitative estimate of drug-likeness (QED) is 0.320. The second-order valence-electron chi connectivity index (χ2n) is 7.74. The van der Waals surface area contributed by atoms with E-state index in [1.807, 2.05) is 50.2 Å². The maximum Gasteiger partial charge on any atom is 0.323 e. The number of hydrogen-bond acceptors (Lipinski definition) is 7. The van der Waals surface area contributed by atoms with Gasteiger partial charge in [0.1, 0.15) is 11.5 Å². The Hall–Kier alpha value is -4.66. The molecule has 0 spiro atoms. The number of carbonyl (C=O) groups is 1. The van der Waals surface area contributed by atoms with Crippen LogP contribution >= 0.6 is 0 Å². The Morgan fingerprint density at radius 3 is 2.51 bits per heavy atom. The van der Waals surface area contributed by atoms with E-state index in [0.717, 1.165) is 16.7 Å². The Kier molecular flexibility index (Phi) is 7.06. The van der Waals surface area contributed by atoms with Crippen molar-refractivity contribution in [2.75, 3.05) is 30.1 Å². The highest BCUT2D eigenvalue weighted by Crippen LogP contribution is 2.33. The topological polar surface area (TPSA) is 110 Å². The van der Waals surface area contributed by atoms with Crippen LogP contribution in [0, 0.1) is 13.8 Å². The molecule has 0 saturated carbocycles. The third-order valence-electron chi connectivity index (χ3n) is 5.17. The number of pyridine rings is 1. The summed E-state index contributed by atoms with van der Waals surface area (Å²) < 4.78 is 11.5. The average molecular weight is 471 g/mol. The molecule has 2 aromatic carbocycles. The van der Waals surface area contributed by atoms with Crippen molar-refractivity contribution < 1.29 is 14.3 Å². The van der Waals surface area contributed by atoms with Gasteiger partial charge in [-0.3, -0.25) is 0 Å². The van der Waals surface area contributed by atoms with E-state index in [-0.39, 0.29) is 6.03 Å². The molecule has 0 radical (unpaired) electrons. The fourth-order valence-electron chi connectivity index (χ4n) is 3.45. The molecule has 0 bridgehead atoms. The number of carbonyl (C=O) groups excluding carboxylic acids is 1. The fraction of sp³-hybridized carbons (Fsp3) is 0.154. The lowest BCUT2D eigenvalue weighted by atomic mass is 10.2. The molecular formula is C26H26N6O3. The standard InChI is InChI=1S/C26H26N6O3/c1-16-7-9-23(34-4)21(14-16)32-26(33)30-18-8-10-22(17(2)15-18)35-24-19(6-5-12-28-24)20-11-13-29-25(27-3)31-20/h5-15H,1-4H3,(H,27,29,31)(H2,30,32,33). The Labute approximate surface area is 203 Å². The first-order chi connectivity index (χ1) is 17.0. The number of hydrogen-bond donors (Lipinski definition) is 3. The smallest absolute Gasteiger partial charge is 0.323 e. The molecule has 2 amide bonds. The molecule has 0 atom stereocenters. The van der Waals surface area contributed by atoms with Gasteiger partial charge < -0.3 is 25.4 Å². The largest absolute Gasteiger partial charge is 0.495 e. The Balaban J connectivity index is 1.50. The molecule has 0 unspecified atom stereocenters. The minimum Gasteiger partial charge on any atom is -0.495 e. The van der Waals surface area contributed by atoms with Crippen molar-refractivity contribution in [1.82, 2.24) is 15.0 Å². The lowest BCUT2D eigenvalue weighted by molar-refractivity contribution is 0.262. The van der Waals surface area contributed by atoms with Crippen molar-refractivity contribution in [3.05, 3.63) is 78.1 Å². The molecule has 0 aliphatic heterocycles. The lowest BCUT2D eigenvalue weighted by Gasteiger charge is -2.14. The van der Waals surface area contributed by atoms with Gasteiger partial charge in [-0.15, -0.1) is 0 Å². The van der Waals surface area contributed by atoms with Gasteiger partial charge in [-0.1, -0.05) is 6.07 Å². The number of aromatic nitrogens is 3. The highest BCUT2D eigenvalue weighted by atomic mass is 16.5. The maximum absolute atomic E-state index is 12.6. The van der Waals surface area contributed by atoms with Crippen LogP contribution in [0.1, 0.15) is 11.1 Å². The number of ether oxygens (including phenoxy) is 2. The van der Waals surface area contributed by atoms with Crippen LogP contribution in [0.3, 0.4) is 0 Å². The van der Waals surface area contributed by atoms with Crippen LogP contribution in [0.2, 0.25) is 0 Å². The van der Waals surface area contributed by atoms with Crippen molar-refractivity contribution in [3.8, 4) is 28.6 Å². The van der Waals surface area contributed by atoms with Crippen molar-refractivity contribution >= 4 is 23.4 Å². The monoisotopic (exact) mass is 470 g/mol. The van der Waals surface area contributed by atoms with E-state index in [0.29, 0.717) is 40.4 Å². The number of nitrogens with one attached hydrogen (secondary N) is 3. The number of rotatable bonds is 7. The zero-order chi connectivity index (χ0) is 24.8. The molecule has 9 heteroatoms. The number of benzene rings is 2. The van der Waals surface area contributed by atoms with Crippen molar-refractivity contribution in [3.63, 3.8) is 0 Å². The number of anilines is 3. The maximum atomic E-state index is 12.6. The van der Waals surface area contributed by atoms with Gasteiger partial charge in [-0.05, 0) is 73.5 Å². The Bertz CT molecular complexity index is 1360. The molecule has 0 saturated heterocycles. The predicted octanol–water partition coefficient (Wildman–Crippen LogP) is 5.64. The second kappa shape index (κ2) is 10.5. The molecule has 4 rings (SSSR count). The van der Waals surface area contributed by atoms with Gasteiger partial charge in [-0.2, -0.15) is 0 Å². The van der Waals surface area contributed by atoms with Crippen LogP contribution in [0.5, 0.6) is 17.4 Å². The Morgan fingerprint density at radius 1 is 0.914 bits per heavy atom. The van der Waals surface area contributed by atoms with Crippen LogP contribution in [-0.4, -0.2) is 35.1 Å². The zero-order valence-corrected chi connectivity index (χ0v) is 19.9. The van der Waals surface area contributed by atoms with Gasteiger partial charge in [0.2, 0.25) is 11.8 Å². The van der Waals surface area contributed by atoms with Gasteiger partial charge in [0.15, 0.2) is 0 Å². The molecular weight excluding hydrogens is 444 g/mol. The summed E-state index contributed by atoms with van der Waals surface area (Å²) in [5.41, 5.74) is 4.47. The van der Waals surface area contributed by atoms with E-state index in [4.69, 9.17) is 9.47 Å². The third kappa shape index (κ3) is 5.64. The summed E-state index contributed by atoms with van der Waals surface area (Å²) in [6.45, 7) is 3.84. The molecule has 2 heterocycles. The van der Waals surface area contributed by atoms with Crippen LogP contribution in [-0.2, 0) is 0 Å². The summed E-state index contributed by atoms with van der Waals surface area (Å²) in [4.78, 5) is 25.6. The number of methoxy groups -OCH3 is 1. The molecule has 4 aromatic rings. The molecule has 0 fully saturated rings. The molecule has 2 aromatic heterocycles. The van der Waals surface area contributed by atoms with Crippen molar-refractivity contribution in [1.29, 1.82) is 0 Å². The summed E-state index contributed by atoms with van der Waals surface area (Å²) in [6, 6.07) is 16.1. The van der Waals surface area contributed by atoms with Gasteiger partial charge in [0.25, 0.3) is 0 Å². The number of nitrogens with zero attached hydrogens (tertiary/aromatic N) is 3. The second-order valence-corrected chi connectivity index (χ2v) is 7.74. The first-order valence-electron chi connectivity index (χ1n) is 10.9. The SMILES string of the molecule is CNc1nccc(-c2cccnc2Oc2ccc(NC(=O)Nc3cc(C)ccc3OC)cc2C)n1. The fourth-order valence-corrected chi connectivity index (χ4v) is 3.45. The minimum absolute atomic E-state index is 0.377. The lowest BCUT2D eigenvalue weighted by Crippen LogP contribution is -2.20. The minimum atomic E-state index is -0.377. The first-order valence-corrected chi connectivity index (χ1v) is 10.9. The predicted molar refractivity (Wildman–Crippen MR) is 136 cm³/mol. The van der Waals surface area contributed by atoms with E-state index in [9.17, 15) is 4.79 Å². The van der Waals surface area contributed by atoms with Gasteiger partial charge in [0, 0.05) is 25.1 Å². The van der Waals surface area contributed by atoms with E-state index in [1.54, 1.807) is 44.8 Å². The number of urea groups is 1. The molecule has 9 nitrogen and oxygen atoms in total. The van der Waals surface area contributed by atoms with E-state index in [2.05, 4.69) is 30.9 Å².